The Hall–Kier alpha value is -6.25. The fraction of sp³-hybridized carbons (Fsp3) is 0.0217. The van der Waals surface area contributed by atoms with Crippen LogP contribution in [0.1, 0.15) is 22.3 Å². The Morgan fingerprint density at radius 2 is 1.12 bits per heavy atom. The van der Waals surface area contributed by atoms with Crippen molar-refractivity contribution < 1.29 is 4.42 Å². The minimum Gasteiger partial charge on any atom is -0.436 e. The summed E-state index contributed by atoms with van der Waals surface area (Å²) in [6.45, 7) is 0. The predicted molar refractivity (Wildman–Crippen MR) is 197 cm³/mol. The molecular weight excluding hydrogens is 583 g/mol. The first-order valence-corrected chi connectivity index (χ1v) is 16.5. The van der Waals surface area contributed by atoms with Crippen LogP contribution in [0.25, 0.3) is 66.4 Å². The van der Waals surface area contributed by atoms with Crippen molar-refractivity contribution in [3.63, 3.8) is 0 Å². The van der Waals surface area contributed by atoms with Gasteiger partial charge >= 0.3 is 0 Å². The quantitative estimate of drug-likeness (QED) is 0.185. The number of rotatable bonds is 4. The Bertz CT molecular complexity index is 2640. The lowest BCUT2D eigenvalue weighted by Crippen LogP contribution is -2.29. The predicted octanol–water partition coefficient (Wildman–Crippen LogP) is 11.8. The van der Waals surface area contributed by atoms with Crippen molar-refractivity contribution in [2.24, 2.45) is 0 Å². The highest BCUT2D eigenvalue weighted by Crippen LogP contribution is 2.58. The number of fused-ring (bicyclic) bond motifs is 6. The fourth-order valence-corrected chi connectivity index (χ4v) is 8.19. The zero-order valence-corrected chi connectivity index (χ0v) is 26.1. The van der Waals surface area contributed by atoms with Gasteiger partial charge in [0.2, 0.25) is 5.89 Å². The normalized spacial score (nSPS) is 15.2. The Balaban J connectivity index is 1.36. The molecule has 1 atom stereocenters. The molecule has 10 rings (SSSR count). The molecule has 0 saturated carbocycles. The molecule has 0 radical (unpaired) electrons. The zero-order valence-electron chi connectivity index (χ0n) is 26.1. The van der Waals surface area contributed by atoms with Gasteiger partial charge in [-0.2, -0.15) is 0 Å². The molecule has 224 valence electrons. The maximum atomic E-state index is 6.34. The summed E-state index contributed by atoms with van der Waals surface area (Å²) < 4.78 is 6.34. The molecule has 0 amide bonds. The maximum absolute atomic E-state index is 6.34. The first kappa shape index (κ1) is 26.9. The molecule has 0 aliphatic heterocycles. The summed E-state index contributed by atoms with van der Waals surface area (Å²) in [6, 6.07) is 63.6. The van der Waals surface area contributed by atoms with Gasteiger partial charge in [0, 0.05) is 5.56 Å². The van der Waals surface area contributed by atoms with E-state index in [9.17, 15) is 0 Å². The van der Waals surface area contributed by atoms with Gasteiger partial charge in [-0.25, -0.2) is 4.98 Å². The molecule has 1 unspecified atom stereocenters. The zero-order chi connectivity index (χ0) is 31.7. The van der Waals surface area contributed by atoms with Crippen LogP contribution >= 0.6 is 0 Å². The summed E-state index contributed by atoms with van der Waals surface area (Å²) in [5.41, 5.74) is 12.0. The van der Waals surface area contributed by atoms with Crippen LogP contribution in [0.15, 0.2) is 180 Å². The molecule has 1 aliphatic carbocycles. The highest BCUT2D eigenvalue weighted by atomic mass is 16.3. The van der Waals surface area contributed by atoms with Crippen LogP contribution in [0.2, 0.25) is 0 Å². The van der Waals surface area contributed by atoms with Gasteiger partial charge < -0.3 is 4.42 Å². The van der Waals surface area contributed by atoms with E-state index in [-0.39, 0.29) is 0 Å². The SMILES string of the molecule is c1ccc(-c2c3ccccc3cc3c(C4(c5ccccc5)c5ccccc5-c5ccc(-c6nc7ccccc7o6)cc54)cccc23)cc1. The number of para-hydroxylation sites is 2. The molecule has 0 bridgehead atoms. The Morgan fingerprint density at radius 1 is 0.438 bits per heavy atom. The van der Waals surface area contributed by atoms with E-state index in [0.29, 0.717) is 5.89 Å². The lowest BCUT2D eigenvalue weighted by atomic mass is 9.66. The van der Waals surface area contributed by atoms with Crippen LogP contribution < -0.4 is 0 Å². The topological polar surface area (TPSA) is 26.0 Å². The molecule has 9 aromatic rings. The van der Waals surface area contributed by atoms with Gasteiger partial charge in [0.05, 0.1) is 5.41 Å². The van der Waals surface area contributed by atoms with Gasteiger partial charge in [0.25, 0.3) is 0 Å². The van der Waals surface area contributed by atoms with Crippen LogP contribution in [0.3, 0.4) is 0 Å². The first-order chi connectivity index (χ1) is 23.8. The number of nitrogens with zero attached hydrogens (tertiary/aromatic N) is 1. The lowest BCUT2D eigenvalue weighted by Gasteiger charge is -2.35. The molecule has 0 fully saturated rings. The summed E-state index contributed by atoms with van der Waals surface area (Å²) in [4.78, 5) is 4.91. The van der Waals surface area contributed by atoms with E-state index in [1.807, 2.05) is 24.3 Å². The van der Waals surface area contributed by atoms with E-state index < -0.39 is 5.41 Å². The van der Waals surface area contributed by atoms with Gasteiger partial charge in [0.15, 0.2) is 5.58 Å². The van der Waals surface area contributed by atoms with E-state index >= 15 is 0 Å². The second-order valence-corrected chi connectivity index (χ2v) is 12.6. The summed E-state index contributed by atoms with van der Waals surface area (Å²) in [5, 5.41) is 4.97. The molecule has 48 heavy (non-hydrogen) atoms. The van der Waals surface area contributed by atoms with Crippen molar-refractivity contribution in [1.82, 2.24) is 4.98 Å². The van der Waals surface area contributed by atoms with Crippen LogP contribution in [-0.2, 0) is 5.41 Å². The van der Waals surface area contributed by atoms with E-state index in [0.717, 1.165) is 16.7 Å². The van der Waals surface area contributed by atoms with Crippen LogP contribution in [0.5, 0.6) is 0 Å². The molecular formula is C46H29NO. The van der Waals surface area contributed by atoms with Gasteiger partial charge in [0.1, 0.15) is 5.52 Å². The third kappa shape index (κ3) is 3.77. The highest BCUT2D eigenvalue weighted by molar-refractivity contribution is 6.14. The molecule has 0 saturated heterocycles. The summed E-state index contributed by atoms with van der Waals surface area (Å²) >= 11 is 0. The second kappa shape index (κ2) is 10.4. The standard InChI is InChI=1S/C46H29NO/c1-3-14-30(15-4-1)44-34-19-8-7-16-31(34)28-38-37(44)21-13-23-40(38)46(33-17-5-2-6-18-33)39-22-10-9-20-35(39)36-27-26-32(29-41(36)46)45-47-42-24-11-12-25-43(42)48-45/h1-29H. The van der Waals surface area contributed by atoms with Crippen molar-refractivity contribution in [2.45, 2.75) is 5.41 Å². The second-order valence-electron chi connectivity index (χ2n) is 12.6. The fourth-order valence-electron chi connectivity index (χ4n) is 8.19. The van der Waals surface area contributed by atoms with E-state index in [1.54, 1.807) is 0 Å². The Labute approximate surface area is 278 Å². The minimum absolute atomic E-state index is 0.592. The average molecular weight is 612 g/mol. The van der Waals surface area contributed by atoms with Crippen molar-refractivity contribution in [3.8, 4) is 33.7 Å². The van der Waals surface area contributed by atoms with Crippen LogP contribution in [-0.4, -0.2) is 4.98 Å². The number of hydrogen-bond acceptors (Lipinski definition) is 2. The lowest BCUT2D eigenvalue weighted by molar-refractivity contribution is 0.619. The maximum Gasteiger partial charge on any atom is 0.227 e. The molecule has 1 aromatic heterocycles. The third-order valence-corrected chi connectivity index (χ3v) is 10.2. The monoisotopic (exact) mass is 611 g/mol. The van der Waals surface area contributed by atoms with Crippen molar-refractivity contribution in [3.05, 3.63) is 198 Å². The average Bonchev–Trinajstić information content (AvgIpc) is 3.72. The van der Waals surface area contributed by atoms with E-state index in [4.69, 9.17) is 9.40 Å². The van der Waals surface area contributed by atoms with Gasteiger partial charge in [-0.05, 0) is 96.4 Å². The first-order valence-electron chi connectivity index (χ1n) is 16.5. The Kier molecular flexibility index (Phi) is 5.82. The van der Waals surface area contributed by atoms with E-state index in [1.165, 1.54) is 66.1 Å². The molecule has 1 aliphatic rings. The van der Waals surface area contributed by atoms with Crippen molar-refractivity contribution in [2.75, 3.05) is 0 Å². The van der Waals surface area contributed by atoms with Gasteiger partial charge in [-0.15, -0.1) is 0 Å². The number of aromatic nitrogens is 1. The Morgan fingerprint density at radius 3 is 2.00 bits per heavy atom. The molecule has 2 heteroatoms. The highest BCUT2D eigenvalue weighted by Gasteiger charge is 2.47. The number of benzene rings is 8. The molecule has 1 heterocycles. The molecule has 8 aromatic carbocycles. The van der Waals surface area contributed by atoms with Gasteiger partial charge in [-0.1, -0.05) is 146 Å². The van der Waals surface area contributed by atoms with Crippen molar-refractivity contribution in [1.29, 1.82) is 0 Å². The van der Waals surface area contributed by atoms with Crippen LogP contribution in [0, 0.1) is 0 Å². The smallest absolute Gasteiger partial charge is 0.227 e. The van der Waals surface area contributed by atoms with Crippen molar-refractivity contribution >= 4 is 32.6 Å². The van der Waals surface area contributed by atoms with E-state index in [2.05, 4.69) is 152 Å². The largest absolute Gasteiger partial charge is 0.436 e. The molecule has 0 N–H and O–H groups in total. The third-order valence-electron chi connectivity index (χ3n) is 10.2. The summed E-state index contributed by atoms with van der Waals surface area (Å²) in [7, 11) is 0. The summed E-state index contributed by atoms with van der Waals surface area (Å²) in [6.07, 6.45) is 0. The number of hydrogen-bond donors (Lipinski definition) is 0. The summed E-state index contributed by atoms with van der Waals surface area (Å²) in [5.74, 6) is 0.632. The molecule has 2 nitrogen and oxygen atoms in total. The van der Waals surface area contributed by atoms with Gasteiger partial charge in [-0.3, -0.25) is 0 Å². The minimum atomic E-state index is -0.592. The van der Waals surface area contributed by atoms with Crippen LogP contribution in [0.4, 0.5) is 0 Å². The number of oxazole rings is 1. The molecule has 0 spiro atoms.